The number of aliphatic carboxylic acids is 1. The minimum Gasteiger partial charge on any atom is -0.481 e. The number of rotatable bonds is 4. The van der Waals surface area contributed by atoms with Crippen molar-refractivity contribution in [3.63, 3.8) is 0 Å². The van der Waals surface area contributed by atoms with Crippen LogP contribution in [0, 0.1) is 11.7 Å². The first kappa shape index (κ1) is 14.6. The Morgan fingerprint density at radius 2 is 2.05 bits per heavy atom. The zero-order valence-electron chi connectivity index (χ0n) is 12.0. The van der Waals surface area contributed by atoms with Gasteiger partial charge in [-0.15, -0.1) is 10.2 Å². The highest BCUT2D eigenvalue weighted by Crippen LogP contribution is 2.20. The van der Waals surface area contributed by atoms with Crippen LogP contribution in [0.5, 0.6) is 0 Å². The summed E-state index contributed by atoms with van der Waals surface area (Å²) in [5.74, 6) is -0.665. The summed E-state index contributed by atoms with van der Waals surface area (Å²) in [5.41, 5.74) is 0.419. The fourth-order valence-electron chi connectivity index (χ4n) is 2.75. The Labute approximate surface area is 127 Å². The molecule has 6 nitrogen and oxygen atoms in total. The molecule has 0 aliphatic carbocycles. The van der Waals surface area contributed by atoms with E-state index >= 15 is 0 Å². The molecule has 1 N–H and O–H groups in total. The van der Waals surface area contributed by atoms with E-state index in [-0.39, 0.29) is 11.7 Å². The van der Waals surface area contributed by atoms with Crippen LogP contribution in [-0.2, 0) is 11.3 Å². The minimum absolute atomic E-state index is 0.263. The Morgan fingerprint density at radius 3 is 2.73 bits per heavy atom. The predicted molar refractivity (Wildman–Crippen MR) is 77.0 cm³/mol. The monoisotopic (exact) mass is 304 g/mol. The number of piperidine rings is 1. The van der Waals surface area contributed by atoms with Crippen LogP contribution < -0.4 is 0 Å². The van der Waals surface area contributed by atoms with Gasteiger partial charge in [0.05, 0.1) is 18.2 Å². The largest absolute Gasteiger partial charge is 0.481 e. The van der Waals surface area contributed by atoms with Crippen LogP contribution in [0.25, 0.3) is 5.69 Å². The molecule has 116 valence electrons. The van der Waals surface area contributed by atoms with Crippen molar-refractivity contribution < 1.29 is 14.3 Å². The van der Waals surface area contributed by atoms with Crippen molar-refractivity contribution in [2.45, 2.75) is 19.4 Å². The molecule has 22 heavy (non-hydrogen) atoms. The van der Waals surface area contributed by atoms with Gasteiger partial charge in [-0.1, -0.05) is 12.1 Å². The maximum atomic E-state index is 13.9. The number of carboxylic acid groups (broad SMARTS) is 1. The molecule has 1 aromatic carbocycles. The molecule has 3 rings (SSSR count). The van der Waals surface area contributed by atoms with Gasteiger partial charge in [-0.25, -0.2) is 4.39 Å². The topological polar surface area (TPSA) is 71.2 Å². The van der Waals surface area contributed by atoms with Gasteiger partial charge in [0, 0.05) is 0 Å². The maximum absolute atomic E-state index is 13.9. The zero-order chi connectivity index (χ0) is 15.5. The molecule has 1 aliphatic heterocycles. The van der Waals surface area contributed by atoms with Gasteiger partial charge < -0.3 is 5.11 Å². The number of likely N-dealkylation sites (tertiary alicyclic amines) is 1. The van der Waals surface area contributed by atoms with E-state index in [0.29, 0.717) is 44.0 Å². The third-order valence-electron chi connectivity index (χ3n) is 4.03. The van der Waals surface area contributed by atoms with Crippen molar-refractivity contribution in [3.05, 3.63) is 42.2 Å². The van der Waals surface area contributed by atoms with Gasteiger partial charge in [0.15, 0.2) is 5.82 Å². The molecule has 7 heteroatoms. The highest BCUT2D eigenvalue weighted by atomic mass is 19.1. The summed E-state index contributed by atoms with van der Waals surface area (Å²) in [4.78, 5) is 13.1. The summed E-state index contributed by atoms with van der Waals surface area (Å²) in [6, 6.07) is 6.48. The van der Waals surface area contributed by atoms with Crippen molar-refractivity contribution in [3.8, 4) is 5.69 Å². The average molecular weight is 304 g/mol. The first-order valence-corrected chi connectivity index (χ1v) is 7.24. The lowest BCUT2D eigenvalue weighted by Gasteiger charge is -2.29. The summed E-state index contributed by atoms with van der Waals surface area (Å²) in [5, 5.41) is 17.0. The standard InChI is InChI=1S/C15H17FN4O2/c16-12-3-1-2-4-13(12)20-10-17-18-14(20)9-19-7-5-11(6-8-19)15(21)22/h1-4,10-11H,5-9H2,(H,21,22). The SMILES string of the molecule is O=C(O)C1CCN(Cc2nncn2-c2ccccc2F)CC1. The van der Waals surface area contributed by atoms with Crippen LogP contribution in [0.2, 0.25) is 0 Å². The van der Waals surface area contributed by atoms with Gasteiger partial charge >= 0.3 is 5.97 Å². The molecule has 1 aliphatic rings. The first-order chi connectivity index (χ1) is 10.6. The molecule has 1 saturated heterocycles. The molecule has 0 unspecified atom stereocenters. The second-order valence-corrected chi connectivity index (χ2v) is 5.46. The van der Waals surface area contributed by atoms with Crippen LogP contribution in [0.4, 0.5) is 4.39 Å². The lowest BCUT2D eigenvalue weighted by molar-refractivity contribution is -0.143. The van der Waals surface area contributed by atoms with Gasteiger partial charge in [-0.2, -0.15) is 0 Å². The van der Waals surface area contributed by atoms with Crippen LogP contribution in [0.1, 0.15) is 18.7 Å². The molecule has 0 bridgehead atoms. The number of hydrogen-bond acceptors (Lipinski definition) is 4. The van der Waals surface area contributed by atoms with Gasteiger partial charge in [-0.3, -0.25) is 14.3 Å². The normalized spacial score (nSPS) is 16.8. The molecule has 2 heterocycles. The summed E-state index contributed by atoms with van der Waals surface area (Å²) in [6.07, 6.45) is 2.75. The van der Waals surface area contributed by atoms with E-state index in [0.717, 1.165) is 0 Å². The van der Waals surface area contributed by atoms with Crippen molar-refractivity contribution in [1.29, 1.82) is 0 Å². The van der Waals surface area contributed by atoms with Crippen molar-refractivity contribution in [2.75, 3.05) is 13.1 Å². The van der Waals surface area contributed by atoms with E-state index in [1.807, 2.05) is 0 Å². The molecular weight excluding hydrogens is 287 g/mol. The molecule has 1 fully saturated rings. The van der Waals surface area contributed by atoms with Crippen LogP contribution in [0.15, 0.2) is 30.6 Å². The fraction of sp³-hybridized carbons (Fsp3) is 0.400. The second kappa shape index (κ2) is 6.23. The molecule has 2 aromatic rings. The number of aromatic nitrogens is 3. The van der Waals surface area contributed by atoms with Crippen molar-refractivity contribution in [1.82, 2.24) is 19.7 Å². The van der Waals surface area contributed by atoms with Gasteiger partial charge in [0.25, 0.3) is 0 Å². The van der Waals surface area contributed by atoms with E-state index in [1.54, 1.807) is 22.8 Å². The number of para-hydroxylation sites is 1. The molecule has 0 spiro atoms. The molecule has 0 radical (unpaired) electrons. The zero-order valence-corrected chi connectivity index (χ0v) is 12.0. The number of benzene rings is 1. The Morgan fingerprint density at radius 1 is 1.32 bits per heavy atom. The minimum atomic E-state index is -0.728. The Balaban J connectivity index is 1.72. The van der Waals surface area contributed by atoms with E-state index in [1.165, 1.54) is 12.4 Å². The van der Waals surface area contributed by atoms with E-state index < -0.39 is 5.97 Å². The summed E-state index contributed by atoms with van der Waals surface area (Å²) in [7, 11) is 0. The maximum Gasteiger partial charge on any atom is 0.306 e. The number of carboxylic acids is 1. The molecule has 1 aromatic heterocycles. The first-order valence-electron chi connectivity index (χ1n) is 7.24. The number of halogens is 1. The number of carbonyl (C=O) groups is 1. The molecule has 0 amide bonds. The third-order valence-corrected chi connectivity index (χ3v) is 4.03. The number of nitrogens with zero attached hydrogens (tertiary/aromatic N) is 4. The molecule has 0 atom stereocenters. The van der Waals surface area contributed by atoms with Gasteiger partial charge in [0.2, 0.25) is 0 Å². The smallest absolute Gasteiger partial charge is 0.306 e. The quantitative estimate of drug-likeness (QED) is 0.931. The van der Waals surface area contributed by atoms with Gasteiger partial charge in [-0.05, 0) is 38.1 Å². The van der Waals surface area contributed by atoms with E-state index in [9.17, 15) is 9.18 Å². The van der Waals surface area contributed by atoms with Crippen molar-refractivity contribution >= 4 is 5.97 Å². The van der Waals surface area contributed by atoms with E-state index in [2.05, 4.69) is 15.1 Å². The van der Waals surface area contributed by atoms with Crippen LogP contribution in [-0.4, -0.2) is 43.8 Å². The van der Waals surface area contributed by atoms with Crippen LogP contribution >= 0.6 is 0 Å². The van der Waals surface area contributed by atoms with Crippen molar-refractivity contribution in [2.24, 2.45) is 5.92 Å². The molecule has 0 saturated carbocycles. The Bertz CT molecular complexity index is 665. The lowest BCUT2D eigenvalue weighted by Crippen LogP contribution is -2.36. The average Bonchev–Trinajstić information content (AvgIpc) is 2.96. The second-order valence-electron chi connectivity index (χ2n) is 5.46. The highest BCUT2D eigenvalue weighted by Gasteiger charge is 2.25. The Kier molecular flexibility index (Phi) is 4.15. The predicted octanol–water partition coefficient (Wildman–Crippen LogP) is 1.70. The summed E-state index contributed by atoms with van der Waals surface area (Å²) < 4.78 is 15.5. The van der Waals surface area contributed by atoms with E-state index in [4.69, 9.17) is 5.11 Å². The third kappa shape index (κ3) is 2.99. The fourth-order valence-corrected chi connectivity index (χ4v) is 2.75. The molecular formula is C15H17FN4O2. The summed E-state index contributed by atoms with van der Waals surface area (Å²) in [6.45, 7) is 1.92. The van der Waals surface area contributed by atoms with Crippen LogP contribution in [0.3, 0.4) is 0 Å². The van der Waals surface area contributed by atoms with Gasteiger partial charge in [0.1, 0.15) is 12.1 Å². The number of hydrogen-bond donors (Lipinski definition) is 1. The summed E-state index contributed by atoms with van der Waals surface area (Å²) >= 11 is 0. The Hall–Kier alpha value is -2.28. The lowest BCUT2D eigenvalue weighted by atomic mass is 9.97. The highest BCUT2D eigenvalue weighted by molar-refractivity contribution is 5.70.